The maximum absolute atomic E-state index is 2.39. The van der Waals surface area contributed by atoms with E-state index in [0.29, 0.717) is 0 Å². The van der Waals surface area contributed by atoms with E-state index in [9.17, 15) is 0 Å². The van der Waals surface area contributed by atoms with Crippen molar-refractivity contribution in [1.29, 1.82) is 0 Å². The highest BCUT2D eigenvalue weighted by Crippen LogP contribution is 2.06. The van der Waals surface area contributed by atoms with Crippen LogP contribution in [-0.4, -0.2) is 23.4 Å². The van der Waals surface area contributed by atoms with Crippen molar-refractivity contribution in [1.82, 2.24) is 3.11 Å². The van der Waals surface area contributed by atoms with Crippen molar-refractivity contribution in [2.75, 3.05) is 13.0 Å². The van der Waals surface area contributed by atoms with E-state index in [-0.39, 0.29) is 0 Å². The Kier molecular flexibility index (Phi) is 2.45. The minimum atomic E-state index is 1.31. The average Bonchev–Trinajstić information content (AvgIpc) is 1.69. The Bertz CT molecular complexity index is 53.7. The van der Waals surface area contributed by atoms with Gasteiger partial charge in [0.05, 0.1) is 0 Å². The zero-order valence-corrected chi connectivity index (χ0v) is 6.52. The van der Waals surface area contributed by atoms with Gasteiger partial charge in [0, 0.05) is 29.4 Å². The molecule has 0 aliphatic carbocycles. The third-order valence-corrected chi connectivity index (χ3v) is 2.27. The van der Waals surface area contributed by atoms with Gasteiger partial charge in [-0.15, -0.1) is 0 Å². The summed E-state index contributed by atoms with van der Waals surface area (Å²) in [5, 5.41) is 0. The second-order valence-electron chi connectivity index (χ2n) is 1.97. The fourth-order valence-corrected chi connectivity index (χ4v) is 1.54. The second kappa shape index (κ2) is 2.92. The molecule has 1 fully saturated rings. The van der Waals surface area contributed by atoms with Crippen molar-refractivity contribution in [2.24, 2.45) is 0 Å². The topological polar surface area (TPSA) is 3.24 Å². The Labute approximate surface area is 59.2 Å². The van der Waals surface area contributed by atoms with Gasteiger partial charge in [0.15, 0.2) is 0 Å². The predicted molar refractivity (Wildman–Crippen MR) is 42.2 cm³/mol. The van der Waals surface area contributed by atoms with Gasteiger partial charge in [-0.3, -0.25) is 3.11 Å². The molecule has 1 nitrogen and oxygen atoms in total. The first-order valence-corrected chi connectivity index (χ1v) is 3.77. The lowest BCUT2D eigenvalue weighted by Crippen LogP contribution is -2.24. The minimum Gasteiger partial charge on any atom is -0.255 e. The largest absolute Gasteiger partial charge is 0.255 e. The van der Waals surface area contributed by atoms with E-state index in [4.69, 9.17) is 0 Å². The van der Waals surface area contributed by atoms with Crippen LogP contribution in [0, 0.1) is 0 Å². The van der Waals surface area contributed by atoms with Crippen molar-refractivity contribution in [2.45, 2.75) is 12.7 Å². The molecule has 0 bridgehead atoms. The van der Waals surface area contributed by atoms with Crippen LogP contribution in [0.15, 0.2) is 0 Å². The lowest BCUT2D eigenvalue weighted by molar-refractivity contribution is 0.551. The summed E-state index contributed by atoms with van der Waals surface area (Å²) in [5.41, 5.74) is 0. The number of hydrogen-bond acceptors (Lipinski definition) is 1. The Hall–Kier alpha value is 0.755. The molecule has 1 aliphatic heterocycles. The molecule has 0 aromatic carbocycles. The van der Waals surface area contributed by atoms with Crippen LogP contribution >= 0.6 is 22.9 Å². The molecule has 0 aromatic heterocycles. The summed E-state index contributed by atoms with van der Waals surface area (Å²) in [7, 11) is 1.41. The van der Waals surface area contributed by atoms with Crippen LogP contribution in [0.4, 0.5) is 0 Å². The van der Waals surface area contributed by atoms with E-state index < -0.39 is 0 Å². The summed E-state index contributed by atoms with van der Waals surface area (Å²) in [6, 6.07) is 0. The Morgan fingerprint density at radius 1 is 1.57 bits per heavy atom. The zero-order chi connectivity index (χ0) is 5.11. The van der Waals surface area contributed by atoms with Gasteiger partial charge in [-0.05, 0) is 12.9 Å². The van der Waals surface area contributed by atoms with Crippen molar-refractivity contribution in [3.8, 4) is 0 Å². The number of halogens is 1. The van der Waals surface area contributed by atoms with Crippen molar-refractivity contribution in [3.63, 3.8) is 0 Å². The molecule has 1 rings (SSSR count). The molecule has 1 saturated heterocycles. The number of hydrogen-bond donors (Lipinski definition) is 0. The molecule has 0 amide bonds. The van der Waals surface area contributed by atoms with Crippen molar-refractivity contribution in [3.05, 3.63) is 0 Å². The van der Waals surface area contributed by atoms with Crippen molar-refractivity contribution >= 4 is 30.1 Å². The van der Waals surface area contributed by atoms with Gasteiger partial charge in [-0.25, -0.2) is 0 Å². The molecule has 0 atom stereocenters. The van der Waals surface area contributed by atoms with E-state index in [1.807, 2.05) is 0 Å². The van der Waals surface area contributed by atoms with E-state index in [1.165, 1.54) is 33.0 Å². The highest BCUT2D eigenvalue weighted by Gasteiger charge is 2.05. The average molecular weight is 209 g/mol. The smallest absolute Gasteiger partial charge is 0.139 e. The zero-order valence-electron chi connectivity index (χ0n) is 4.36. The summed E-state index contributed by atoms with van der Waals surface area (Å²) < 4.78 is 2.36. The first kappa shape index (κ1) is 5.88. The fourth-order valence-electron chi connectivity index (χ4n) is 0.855. The van der Waals surface area contributed by atoms with Gasteiger partial charge in [0.25, 0.3) is 0 Å². The Morgan fingerprint density at radius 3 is 2.71 bits per heavy atom. The molecule has 40 valence electrons. The molecule has 1 aliphatic rings. The van der Waals surface area contributed by atoms with Crippen LogP contribution < -0.4 is 0 Å². The van der Waals surface area contributed by atoms with Crippen LogP contribution in [0.25, 0.3) is 0 Å². The lowest BCUT2D eigenvalue weighted by Gasteiger charge is -2.17. The Balaban J connectivity index is 2.12. The SMILES string of the molecule is IN1CBCCC1. The lowest BCUT2D eigenvalue weighted by atomic mass is 9.71. The number of rotatable bonds is 0. The van der Waals surface area contributed by atoms with Crippen LogP contribution in [0.5, 0.6) is 0 Å². The normalized spacial score (nSPS) is 24.1. The maximum Gasteiger partial charge on any atom is 0.139 e. The highest BCUT2D eigenvalue weighted by atomic mass is 127. The fraction of sp³-hybridized carbons (Fsp3) is 1.00. The molecule has 3 heteroatoms. The van der Waals surface area contributed by atoms with Gasteiger partial charge in [0.2, 0.25) is 0 Å². The van der Waals surface area contributed by atoms with Crippen LogP contribution in [0.1, 0.15) is 6.42 Å². The molecule has 0 aromatic rings. The monoisotopic (exact) mass is 209 g/mol. The van der Waals surface area contributed by atoms with Gasteiger partial charge < -0.3 is 0 Å². The van der Waals surface area contributed by atoms with Crippen LogP contribution in [-0.2, 0) is 0 Å². The molecular weight excluding hydrogens is 200 g/mol. The van der Waals surface area contributed by atoms with Crippen LogP contribution in [0.3, 0.4) is 0 Å². The van der Waals surface area contributed by atoms with Gasteiger partial charge in [0.1, 0.15) is 7.28 Å². The molecular formula is C4H9BIN. The molecule has 0 N–H and O–H groups in total. The predicted octanol–water partition coefficient (Wildman–Crippen LogP) is 0.854. The summed E-state index contributed by atoms with van der Waals surface area (Å²) >= 11 is 2.39. The van der Waals surface area contributed by atoms with Gasteiger partial charge in [-0.2, -0.15) is 0 Å². The van der Waals surface area contributed by atoms with Crippen molar-refractivity contribution < 1.29 is 0 Å². The van der Waals surface area contributed by atoms with E-state index in [2.05, 4.69) is 26.0 Å². The van der Waals surface area contributed by atoms with E-state index >= 15 is 0 Å². The third kappa shape index (κ3) is 1.99. The molecule has 0 unspecified atom stereocenters. The van der Waals surface area contributed by atoms with E-state index in [1.54, 1.807) is 0 Å². The summed E-state index contributed by atoms with van der Waals surface area (Å²) in [6.07, 6.45) is 4.16. The van der Waals surface area contributed by atoms with Gasteiger partial charge in [-0.1, -0.05) is 6.32 Å². The summed E-state index contributed by atoms with van der Waals surface area (Å²) in [4.78, 5) is 0. The minimum absolute atomic E-state index is 1.31. The number of nitrogens with zero attached hydrogens (tertiary/aromatic N) is 1. The first-order chi connectivity index (χ1) is 3.39. The second-order valence-corrected chi connectivity index (χ2v) is 3.34. The van der Waals surface area contributed by atoms with Crippen LogP contribution in [0.2, 0.25) is 6.32 Å². The standard InChI is InChI=1S/C4H9BIN/c6-7-3-1-2-5-4-7/h5H,1-4H2. The molecule has 1 heterocycles. The third-order valence-electron chi connectivity index (χ3n) is 1.30. The quantitative estimate of drug-likeness (QED) is 0.324. The summed E-state index contributed by atoms with van der Waals surface area (Å²) in [6.45, 7) is 1.31. The molecule has 0 radical (unpaired) electrons. The molecule has 7 heavy (non-hydrogen) atoms. The Morgan fingerprint density at radius 2 is 2.43 bits per heavy atom. The maximum atomic E-state index is 2.39. The highest BCUT2D eigenvalue weighted by molar-refractivity contribution is 14.1. The van der Waals surface area contributed by atoms with E-state index in [0.717, 1.165) is 0 Å². The summed E-state index contributed by atoms with van der Waals surface area (Å²) in [5.74, 6) is 0. The van der Waals surface area contributed by atoms with Gasteiger partial charge >= 0.3 is 0 Å². The first-order valence-electron chi connectivity index (χ1n) is 2.80. The molecule has 0 saturated carbocycles. The molecule has 0 spiro atoms.